The Morgan fingerprint density at radius 3 is 2.37 bits per heavy atom. The lowest BCUT2D eigenvalue weighted by atomic mass is 10.1. The maximum atomic E-state index is 10.8. The molecule has 0 aliphatic rings. The Balaban J connectivity index is 2.12. The number of aryl methyl sites for hydroxylation is 2. The number of benzene rings is 1. The van der Waals surface area contributed by atoms with E-state index < -0.39 is 5.97 Å². The van der Waals surface area contributed by atoms with Crippen molar-refractivity contribution in [2.45, 2.75) is 26.8 Å². The second-order valence-electron chi connectivity index (χ2n) is 4.62. The molecule has 1 heterocycles. The van der Waals surface area contributed by atoms with Crippen LogP contribution in [0.1, 0.15) is 38.6 Å². The van der Waals surface area contributed by atoms with Gasteiger partial charge in [-0.2, -0.15) is 0 Å². The number of carboxylic acids is 1. The fraction of sp³-hybridized carbons (Fsp3) is 0.267. The first-order valence-corrected chi connectivity index (χ1v) is 6.96. The molecule has 4 heteroatoms. The lowest BCUT2D eigenvalue weighted by Crippen LogP contribution is -2.07. The molecule has 2 N–H and O–H groups in total. The van der Waals surface area contributed by atoms with Gasteiger partial charge in [0.25, 0.3) is 0 Å². The Labute approximate surface area is 116 Å². The number of rotatable bonds is 4. The lowest BCUT2D eigenvalue weighted by molar-refractivity contribution is 0.0697. The third-order valence-electron chi connectivity index (χ3n) is 3.06. The summed E-state index contributed by atoms with van der Waals surface area (Å²) in [5.74, 6) is -0.899. The SMILES string of the molecule is Cc1cc(C(C)Nc2ccc(C(=O)O)cc2)c(C)s1. The fourth-order valence-corrected chi connectivity index (χ4v) is 3.14. The van der Waals surface area contributed by atoms with Crippen molar-refractivity contribution in [3.63, 3.8) is 0 Å². The number of hydrogen-bond acceptors (Lipinski definition) is 3. The molecule has 1 atom stereocenters. The van der Waals surface area contributed by atoms with Gasteiger partial charge in [-0.25, -0.2) is 4.79 Å². The first-order valence-electron chi connectivity index (χ1n) is 6.14. The normalized spacial score (nSPS) is 12.2. The predicted molar refractivity (Wildman–Crippen MR) is 79.2 cm³/mol. The van der Waals surface area contributed by atoms with Crippen LogP contribution in [-0.4, -0.2) is 11.1 Å². The third kappa shape index (κ3) is 3.15. The Hall–Kier alpha value is -1.81. The van der Waals surface area contributed by atoms with Crippen LogP contribution in [0.4, 0.5) is 5.69 Å². The van der Waals surface area contributed by atoms with Crippen LogP contribution in [0, 0.1) is 13.8 Å². The second-order valence-corrected chi connectivity index (χ2v) is 6.08. The van der Waals surface area contributed by atoms with Gasteiger partial charge in [-0.3, -0.25) is 0 Å². The smallest absolute Gasteiger partial charge is 0.335 e. The van der Waals surface area contributed by atoms with Crippen molar-refractivity contribution >= 4 is 23.0 Å². The summed E-state index contributed by atoms with van der Waals surface area (Å²) in [5.41, 5.74) is 2.53. The van der Waals surface area contributed by atoms with Crippen LogP contribution in [0.2, 0.25) is 0 Å². The third-order valence-corrected chi connectivity index (χ3v) is 4.04. The van der Waals surface area contributed by atoms with Gasteiger partial charge >= 0.3 is 5.97 Å². The zero-order valence-corrected chi connectivity index (χ0v) is 12.0. The van der Waals surface area contributed by atoms with Crippen LogP contribution in [-0.2, 0) is 0 Å². The van der Waals surface area contributed by atoms with E-state index in [1.165, 1.54) is 15.3 Å². The Kier molecular flexibility index (Phi) is 3.90. The molecule has 2 aromatic rings. The van der Waals surface area contributed by atoms with Gasteiger partial charge in [0.2, 0.25) is 0 Å². The number of aromatic carboxylic acids is 1. The number of anilines is 1. The van der Waals surface area contributed by atoms with Gasteiger partial charge in [0.05, 0.1) is 5.56 Å². The molecule has 0 saturated heterocycles. The van der Waals surface area contributed by atoms with Gasteiger partial charge in [-0.1, -0.05) is 0 Å². The highest BCUT2D eigenvalue weighted by molar-refractivity contribution is 7.12. The molecule has 1 aromatic heterocycles. The number of thiophene rings is 1. The Morgan fingerprint density at radius 1 is 1.26 bits per heavy atom. The summed E-state index contributed by atoms with van der Waals surface area (Å²) in [6.07, 6.45) is 0. The minimum absolute atomic E-state index is 0.209. The van der Waals surface area contributed by atoms with Gasteiger partial charge in [0.15, 0.2) is 0 Å². The van der Waals surface area contributed by atoms with Crippen LogP contribution in [0.3, 0.4) is 0 Å². The minimum atomic E-state index is -0.899. The predicted octanol–water partition coefficient (Wildman–Crippen LogP) is 4.24. The van der Waals surface area contributed by atoms with E-state index >= 15 is 0 Å². The van der Waals surface area contributed by atoms with Gasteiger partial charge in [0.1, 0.15) is 0 Å². The summed E-state index contributed by atoms with van der Waals surface area (Å²) in [6, 6.07) is 9.24. The van der Waals surface area contributed by atoms with Crippen molar-refractivity contribution in [1.29, 1.82) is 0 Å². The zero-order valence-electron chi connectivity index (χ0n) is 11.2. The zero-order chi connectivity index (χ0) is 14.0. The molecular formula is C15H17NO2S. The molecule has 0 aliphatic carbocycles. The average Bonchev–Trinajstić information content (AvgIpc) is 2.69. The molecule has 2 rings (SSSR count). The molecule has 0 saturated carbocycles. The topological polar surface area (TPSA) is 49.3 Å². The van der Waals surface area contributed by atoms with Gasteiger partial charge < -0.3 is 10.4 Å². The molecule has 0 fully saturated rings. The molecule has 3 nitrogen and oxygen atoms in total. The first kappa shape index (κ1) is 13.6. The van der Waals surface area contributed by atoms with Crippen molar-refractivity contribution in [1.82, 2.24) is 0 Å². The summed E-state index contributed by atoms with van der Waals surface area (Å²) in [4.78, 5) is 13.4. The van der Waals surface area contributed by atoms with E-state index in [9.17, 15) is 4.79 Å². The lowest BCUT2D eigenvalue weighted by Gasteiger charge is -2.15. The van der Waals surface area contributed by atoms with E-state index in [0.717, 1.165) is 5.69 Å². The van der Waals surface area contributed by atoms with E-state index in [1.807, 2.05) is 0 Å². The van der Waals surface area contributed by atoms with Gasteiger partial charge in [-0.05, 0) is 56.7 Å². The summed E-state index contributed by atoms with van der Waals surface area (Å²) in [5, 5.41) is 12.2. The van der Waals surface area contributed by atoms with E-state index in [0.29, 0.717) is 5.56 Å². The number of carbonyl (C=O) groups is 1. The molecule has 1 aromatic carbocycles. The van der Waals surface area contributed by atoms with Crippen molar-refractivity contribution in [2.75, 3.05) is 5.32 Å². The first-order chi connectivity index (χ1) is 8.97. The Bertz CT molecular complexity index is 587. The molecule has 0 radical (unpaired) electrons. The second kappa shape index (κ2) is 5.45. The van der Waals surface area contributed by atoms with Crippen molar-refractivity contribution < 1.29 is 9.90 Å². The molecule has 19 heavy (non-hydrogen) atoms. The van der Waals surface area contributed by atoms with Crippen molar-refractivity contribution in [2.24, 2.45) is 0 Å². The molecule has 0 bridgehead atoms. The van der Waals surface area contributed by atoms with Crippen LogP contribution in [0.25, 0.3) is 0 Å². The van der Waals surface area contributed by atoms with E-state index in [1.54, 1.807) is 35.6 Å². The molecule has 0 amide bonds. The number of carboxylic acid groups (broad SMARTS) is 1. The van der Waals surface area contributed by atoms with Gasteiger partial charge in [0, 0.05) is 21.5 Å². The fourth-order valence-electron chi connectivity index (χ4n) is 2.12. The summed E-state index contributed by atoms with van der Waals surface area (Å²) < 4.78 is 0. The Morgan fingerprint density at radius 2 is 1.89 bits per heavy atom. The molecule has 0 aliphatic heterocycles. The summed E-state index contributed by atoms with van der Waals surface area (Å²) in [6.45, 7) is 6.34. The maximum absolute atomic E-state index is 10.8. The van der Waals surface area contributed by atoms with E-state index in [4.69, 9.17) is 5.11 Å². The van der Waals surface area contributed by atoms with E-state index in [2.05, 4.69) is 32.2 Å². The maximum Gasteiger partial charge on any atom is 0.335 e. The highest BCUT2D eigenvalue weighted by atomic mass is 32.1. The molecule has 100 valence electrons. The van der Waals surface area contributed by atoms with Crippen LogP contribution < -0.4 is 5.32 Å². The van der Waals surface area contributed by atoms with Crippen LogP contribution in [0.15, 0.2) is 30.3 Å². The summed E-state index contributed by atoms with van der Waals surface area (Å²) in [7, 11) is 0. The highest BCUT2D eigenvalue weighted by Crippen LogP contribution is 2.28. The van der Waals surface area contributed by atoms with E-state index in [-0.39, 0.29) is 6.04 Å². The summed E-state index contributed by atoms with van der Waals surface area (Å²) >= 11 is 1.80. The minimum Gasteiger partial charge on any atom is -0.478 e. The van der Waals surface area contributed by atoms with Gasteiger partial charge in [-0.15, -0.1) is 11.3 Å². The van der Waals surface area contributed by atoms with Crippen molar-refractivity contribution in [3.05, 3.63) is 51.2 Å². The largest absolute Gasteiger partial charge is 0.478 e. The highest BCUT2D eigenvalue weighted by Gasteiger charge is 2.11. The quantitative estimate of drug-likeness (QED) is 0.877. The monoisotopic (exact) mass is 275 g/mol. The molecule has 0 spiro atoms. The standard InChI is InChI=1S/C15H17NO2S/c1-9-8-14(11(3)19-9)10(2)16-13-6-4-12(5-7-13)15(17)18/h4-8,10,16H,1-3H3,(H,17,18). The van der Waals surface area contributed by atoms with Crippen molar-refractivity contribution in [3.8, 4) is 0 Å². The molecule has 1 unspecified atom stereocenters. The number of hydrogen-bond donors (Lipinski definition) is 2. The van der Waals surface area contributed by atoms with Crippen LogP contribution >= 0.6 is 11.3 Å². The molecular weight excluding hydrogens is 258 g/mol. The average molecular weight is 275 g/mol. The number of nitrogens with one attached hydrogen (secondary N) is 1. The van der Waals surface area contributed by atoms with Crippen LogP contribution in [0.5, 0.6) is 0 Å².